The van der Waals surface area contributed by atoms with E-state index in [9.17, 15) is 9.90 Å². The van der Waals surface area contributed by atoms with E-state index < -0.39 is 0 Å². The van der Waals surface area contributed by atoms with Crippen LogP contribution in [0.2, 0.25) is 0 Å². The second-order valence-corrected chi connectivity index (χ2v) is 6.75. The molecule has 1 aromatic rings. The Balaban J connectivity index is 2.20. The molecule has 5 heteroatoms. The molecule has 24 heavy (non-hydrogen) atoms. The van der Waals surface area contributed by atoms with Crippen LogP contribution in [0.3, 0.4) is 0 Å². The molecule has 1 fully saturated rings. The van der Waals surface area contributed by atoms with Gasteiger partial charge in [0.2, 0.25) is 5.91 Å². The molecule has 1 N–H and O–H groups in total. The number of aryl methyl sites for hydroxylation is 2. The Hall–Kier alpha value is -1.90. The number of hydrogen-bond donors (Lipinski definition) is 1. The lowest BCUT2D eigenvalue weighted by molar-refractivity contribution is -0.123. The highest BCUT2D eigenvalue weighted by atomic mass is 16.3. The number of hydrogen-bond acceptors (Lipinski definition) is 4. The van der Waals surface area contributed by atoms with Crippen LogP contribution in [-0.4, -0.2) is 48.2 Å². The van der Waals surface area contributed by atoms with Gasteiger partial charge in [-0.1, -0.05) is 6.07 Å². The second-order valence-electron chi connectivity index (χ2n) is 6.75. The summed E-state index contributed by atoms with van der Waals surface area (Å²) in [6.07, 6.45) is 1.24. The molecule has 0 saturated carbocycles. The average Bonchev–Trinajstić information content (AvgIpc) is 3.02. The molecule has 1 saturated heterocycles. The highest BCUT2D eigenvalue weighted by Gasteiger charge is 2.32. The first kappa shape index (κ1) is 18.4. The first-order valence-electron chi connectivity index (χ1n) is 8.57. The number of nitriles is 1. The zero-order valence-electron chi connectivity index (χ0n) is 14.8. The minimum absolute atomic E-state index is 0.0221. The Morgan fingerprint density at radius 2 is 2.08 bits per heavy atom. The van der Waals surface area contributed by atoms with E-state index in [1.54, 1.807) is 4.90 Å². The Labute approximate surface area is 144 Å². The number of aliphatic hydroxyl groups is 1. The third-order valence-corrected chi connectivity index (χ3v) is 4.71. The summed E-state index contributed by atoms with van der Waals surface area (Å²) in [5.74, 6) is 0.280. The lowest BCUT2D eigenvalue weighted by Gasteiger charge is -2.30. The Kier molecular flexibility index (Phi) is 6.36. The van der Waals surface area contributed by atoms with Crippen LogP contribution in [0.25, 0.3) is 0 Å². The van der Waals surface area contributed by atoms with Gasteiger partial charge in [-0.3, -0.25) is 9.69 Å². The third kappa shape index (κ3) is 4.34. The lowest BCUT2D eigenvalue weighted by atomic mass is 10.1. The Morgan fingerprint density at radius 1 is 1.42 bits per heavy atom. The summed E-state index contributed by atoms with van der Waals surface area (Å²) in [5.41, 5.74) is 3.07. The van der Waals surface area contributed by atoms with Gasteiger partial charge in [-0.15, -0.1) is 0 Å². The molecule has 2 rings (SSSR count). The molecule has 2 atom stereocenters. The van der Waals surface area contributed by atoms with E-state index in [1.807, 2.05) is 32.9 Å². The Morgan fingerprint density at radius 3 is 2.62 bits per heavy atom. The van der Waals surface area contributed by atoms with Crippen molar-refractivity contribution in [1.82, 2.24) is 4.90 Å². The van der Waals surface area contributed by atoms with Crippen molar-refractivity contribution < 1.29 is 9.90 Å². The van der Waals surface area contributed by atoms with Crippen LogP contribution < -0.4 is 4.90 Å². The fraction of sp³-hybridized carbons (Fsp3) is 0.579. The van der Waals surface area contributed by atoms with E-state index in [1.165, 1.54) is 0 Å². The molecule has 1 amide bonds. The molecule has 5 nitrogen and oxygen atoms in total. The minimum Gasteiger partial charge on any atom is -0.396 e. The third-order valence-electron chi connectivity index (χ3n) is 4.71. The molecule has 130 valence electrons. The number of likely N-dealkylation sites (tertiary alicyclic amines) is 1. The molecule has 1 aromatic carbocycles. The number of carbonyl (C=O) groups is 1. The monoisotopic (exact) mass is 329 g/mol. The van der Waals surface area contributed by atoms with Crippen molar-refractivity contribution in [1.29, 1.82) is 5.26 Å². The van der Waals surface area contributed by atoms with Gasteiger partial charge in [0.25, 0.3) is 0 Å². The summed E-state index contributed by atoms with van der Waals surface area (Å²) in [6.45, 7) is 8.11. The number of amides is 1. The van der Waals surface area contributed by atoms with Gasteiger partial charge in [-0.2, -0.15) is 5.26 Å². The van der Waals surface area contributed by atoms with Crippen molar-refractivity contribution in [2.75, 3.05) is 31.1 Å². The van der Waals surface area contributed by atoms with Crippen LogP contribution in [0.5, 0.6) is 0 Å². The van der Waals surface area contributed by atoms with Crippen molar-refractivity contribution in [2.45, 2.75) is 39.7 Å². The summed E-state index contributed by atoms with van der Waals surface area (Å²) in [7, 11) is 0. The van der Waals surface area contributed by atoms with Crippen molar-refractivity contribution in [3.8, 4) is 6.07 Å². The maximum atomic E-state index is 13.1. The van der Waals surface area contributed by atoms with Crippen molar-refractivity contribution in [3.05, 3.63) is 29.3 Å². The predicted molar refractivity (Wildman–Crippen MR) is 94.7 cm³/mol. The SMILES string of the molecule is Cc1cc(C)cc(N(CCC#N)C(=O)C(C)N2CCC(CO)C2)c1. The van der Waals surface area contributed by atoms with Gasteiger partial charge in [0.05, 0.1) is 18.5 Å². The van der Waals surface area contributed by atoms with Gasteiger partial charge < -0.3 is 10.0 Å². The number of benzene rings is 1. The maximum absolute atomic E-state index is 13.1. The number of nitrogens with zero attached hydrogens (tertiary/aromatic N) is 3. The van der Waals surface area contributed by atoms with Crippen LogP contribution >= 0.6 is 0 Å². The molecule has 1 aliphatic rings. The number of carbonyl (C=O) groups excluding carboxylic acids is 1. The minimum atomic E-state index is -0.249. The summed E-state index contributed by atoms with van der Waals surface area (Å²) >= 11 is 0. The molecule has 0 radical (unpaired) electrons. The van der Waals surface area contributed by atoms with Gasteiger partial charge in [0.15, 0.2) is 0 Å². The topological polar surface area (TPSA) is 67.6 Å². The summed E-state index contributed by atoms with van der Waals surface area (Å²) in [5, 5.41) is 18.3. The van der Waals surface area contributed by atoms with Crippen molar-refractivity contribution in [3.63, 3.8) is 0 Å². The molecular formula is C19H27N3O2. The number of anilines is 1. The molecule has 0 spiro atoms. The maximum Gasteiger partial charge on any atom is 0.244 e. The van der Waals surface area contributed by atoms with Gasteiger partial charge in [-0.25, -0.2) is 0 Å². The average molecular weight is 329 g/mol. The van der Waals surface area contributed by atoms with E-state index in [4.69, 9.17) is 5.26 Å². The van der Waals surface area contributed by atoms with E-state index in [0.29, 0.717) is 13.0 Å². The van der Waals surface area contributed by atoms with E-state index in [-0.39, 0.29) is 24.5 Å². The molecule has 1 heterocycles. The van der Waals surface area contributed by atoms with Crippen molar-refractivity contribution >= 4 is 11.6 Å². The van der Waals surface area contributed by atoms with E-state index >= 15 is 0 Å². The van der Waals surface area contributed by atoms with Crippen LogP contribution in [0.1, 0.15) is 30.9 Å². The highest BCUT2D eigenvalue weighted by Crippen LogP contribution is 2.23. The molecular weight excluding hydrogens is 302 g/mol. The zero-order valence-corrected chi connectivity index (χ0v) is 14.8. The fourth-order valence-corrected chi connectivity index (χ4v) is 3.38. The summed E-state index contributed by atoms with van der Waals surface area (Å²) in [6, 6.07) is 7.95. The fourth-order valence-electron chi connectivity index (χ4n) is 3.38. The number of aliphatic hydroxyl groups excluding tert-OH is 1. The molecule has 0 aromatic heterocycles. The lowest BCUT2D eigenvalue weighted by Crippen LogP contribution is -2.47. The predicted octanol–water partition coefficient (Wildman–Crippen LogP) is 2.25. The second kappa shape index (κ2) is 8.27. The van der Waals surface area contributed by atoms with Crippen LogP contribution in [0.15, 0.2) is 18.2 Å². The van der Waals surface area contributed by atoms with Gasteiger partial charge in [0.1, 0.15) is 0 Å². The van der Waals surface area contributed by atoms with Crippen molar-refractivity contribution in [2.24, 2.45) is 5.92 Å². The molecule has 0 bridgehead atoms. The van der Waals surface area contributed by atoms with Crippen LogP contribution in [0.4, 0.5) is 5.69 Å². The quantitative estimate of drug-likeness (QED) is 0.869. The Bertz CT molecular complexity index is 603. The van der Waals surface area contributed by atoms with Crippen LogP contribution in [0, 0.1) is 31.1 Å². The van der Waals surface area contributed by atoms with Gasteiger partial charge in [0, 0.05) is 25.4 Å². The first-order valence-corrected chi connectivity index (χ1v) is 8.57. The molecule has 1 aliphatic heterocycles. The van der Waals surface area contributed by atoms with E-state index in [2.05, 4.69) is 17.0 Å². The summed E-state index contributed by atoms with van der Waals surface area (Å²) in [4.78, 5) is 16.9. The number of rotatable bonds is 6. The normalized spacial score (nSPS) is 19.0. The molecule has 0 aliphatic carbocycles. The van der Waals surface area contributed by atoms with E-state index in [0.717, 1.165) is 36.3 Å². The molecule has 2 unspecified atom stereocenters. The standard InChI is InChI=1S/C19H27N3O2/c1-14-9-15(2)11-18(10-14)22(7-4-6-20)19(24)16(3)21-8-5-17(12-21)13-23/h9-11,16-17,23H,4-5,7-8,12-13H2,1-3H3. The largest absolute Gasteiger partial charge is 0.396 e. The highest BCUT2D eigenvalue weighted by molar-refractivity contribution is 5.97. The van der Waals surface area contributed by atoms with Crippen LogP contribution in [-0.2, 0) is 4.79 Å². The smallest absolute Gasteiger partial charge is 0.244 e. The summed E-state index contributed by atoms with van der Waals surface area (Å²) < 4.78 is 0. The van der Waals surface area contributed by atoms with Gasteiger partial charge >= 0.3 is 0 Å². The first-order chi connectivity index (χ1) is 11.5. The zero-order chi connectivity index (χ0) is 17.7. The van der Waals surface area contributed by atoms with Gasteiger partial charge in [-0.05, 0) is 62.9 Å².